The number of hydrogen-bond acceptors (Lipinski definition) is 1. The molecule has 66 valence electrons. The minimum atomic E-state index is 0.104. The van der Waals surface area contributed by atoms with E-state index in [0.717, 1.165) is 5.69 Å². The average molecular weight is 166 g/mol. The fraction of sp³-hybridized carbons (Fsp3) is 0.667. The van der Waals surface area contributed by atoms with E-state index >= 15 is 0 Å². The van der Waals surface area contributed by atoms with Crippen molar-refractivity contribution in [3.63, 3.8) is 0 Å². The number of rotatable bonds is 2. The van der Waals surface area contributed by atoms with Crippen LogP contribution in [-0.2, 0) is 0 Å². The van der Waals surface area contributed by atoms with E-state index in [4.69, 9.17) is 0 Å². The van der Waals surface area contributed by atoms with Crippen LogP contribution in [0.15, 0.2) is 10.9 Å². The standard InChI is InChI=1S/C9H14N2O/c1-6(2)11-9(12)5-8(10-11)7-3-4-7/h5-7,10H,3-4H2,1-2H3. The Morgan fingerprint density at radius 1 is 1.58 bits per heavy atom. The quantitative estimate of drug-likeness (QED) is 0.712. The Labute approximate surface area is 71.4 Å². The summed E-state index contributed by atoms with van der Waals surface area (Å²) in [6.07, 6.45) is 2.47. The van der Waals surface area contributed by atoms with Crippen molar-refractivity contribution >= 4 is 0 Å². The third-order valence-corrected chi connectivity index (χ3v) is 2.30. The van der Waals surface area contributed by atoms with Crippen LogP contribution in [-0.4, -0.2) is 9.78 Å². The van der Waals surface area contributed by atoms with Crippen molar-refractivity contribution in [1.29, 1.82) is 0 Å². The second-order valence-corrected chi connectivity index (χ2v) is 3.79. The Hall–Kier alpha value is -0.990. The van der Waals surface area contributed by atoms with Crippen LogP contribution in [0.25, 0.3) is 0 Å². The third kappa shape index (κ3) is 1.19. The summed E-state index contributed by atoms with van der Waals surface area (Å²) >= 11 is 0. The molecule has 1 aromatic rings. The molecular weight excluding hydrogens is 152 g/mol. The van der Waals surface area contributed by atoms with Gasteiger partial charge in [-0.2, -0.15) is 0 Å². The van der Waals surface area contributed by atoms with Crippen molar-refractivity contribution < 1.29 is 0 Å². The van der Waals surface area contributed by atoms with Gasteiger partial charge in [-0.1, -0.05) is 0 Å². The molecule has 0 bridgehead atoms. The molecular formula is C9H14N2O. The molecule has 0 aromatic carbocycles. The monoisotopic (exact) mass is 166 g/mol. The van der Waals surface area contributed by atoms with Crippen molar-refractivity contribution in [2.24, 2.45) is 0 Å². The van der Waals surface area contributed by atoms with E-state index in [1.165, 1.54) is 12.8 Å². The number of nitrogens with one attached hydrogen (secondary N) is 1. The van der Waals surface area contributed by atoms with Crippen molar-refractivity contribution in [2.75, 3.05) is 0 Å². The molecule has 0 atom stereocenters. The highest BCUT2D eigenvalue weighted by molar-refractivity contribution is 5.12. The number of H-pyrrole nitrogens is 1. The fourth-order valence-electron chi connectivity index (χ4n) is 1.42. The lowest BCUT2D eigenvalue weighted by atomic mass is 10.3. The van der Waals surface area contributed by atoms with Crippen LogP contribution < -0.4 is 5.56 Å². The zero-order valence-electron chi connectivity index (χ0n) is 7.50. The summed E-state index contributed by atoms with van der Waals surface area (Å²) in [5, 5.41) is 3.15. The summed E-state index contributed by atoms with van der Waals surface area (Å²) in [7, 11) is 0. The first-order chi connectivity index (χ1) is 5.68. The fourth-order valence-corrected chi connectivity index (χ4v) is 1.42. The predicted octanol–water partition coefficient (Wildman–Crippen LogP) is 1.63. The molecule has 0 aliphatic heterocycles. The Balaban J connectivity index is 2.36. The Kier molecular flexibility index (Phi) is 1.60. The second-order valence-electron chi connectivity index (χ2n) is 3.79. The highest BCUT2D eigenvalue weighted by atomic mass is 16.1. The van der Waals surface area contributed by atoms with Crippen molar-refractivity contribution in [3.05, 3.63) is 22.1 Å². The molecule has 0 radical (unpaired) electrons. The minimum absolute atomic E-state index is 0.104. The lowest BCUT2D eigenvalue weighted by Crippen LogP contribution is -2.17. The molecule has 0 saturated heterocycles. The number of hydrogen-bond donors (Lipinski definition) is 1. The predicted molar refractivity (Wildman–Crippen MR) is 47.4 cm³/mol. The lowest BCUT2D eigenvalue weighted by Gasteiger charge is -2.04. The zero-order chi connectivity index (χ0) is 8.72. The molecule has 1 heterocycles. The van der Waals surface area contributed by atoms with Gasteiger partial charge < -0.3 is 0 Å². The van der Waals surface area contributed by atoms with E-state index in [-0.39, 0.29) is 11.6 Å². The summed E-state index contributed by atoms with van der Waals surface area (Å²) in [4.78, 5) is 11.3. The number of nitrogens with zero attached hydrogens (tertiary/aromatic N) is 1. The molecule has 0 amide bonds. The van der Waals surface area contributed by atoms with Crippen molar-refractivity contribution in [3.8, 4) is 0 Å². The van der Waals surface area contributed by atoms with Gasteiger partial charge in [0.1, 0.15) is 0 Å². The van der Waals surface area contributed by atoms with Gasteiger partial charge in [0.05, 0.1) is 0 Å². The lowest BCUT2D eigenvalue weighted by molar-refractivity contribution is 0.512. The molecule has 1 aliphatic carbocycles. The van der Waals surface area contributed by atoms with Crippen LogP contribution >= 0.6 is 0 Å². The van der Waals surface area contributed by atoms with Crippen molar-refractivity contribution in [2.45, 2.75) is 38.6 Å². The Morgan fingerprint density at radius 3 is 2.67 bits per heavy atom. The normalized spacial score (nSPS) is 17.2. The molecule has 0 unspecified atom stereocenters. The van der Waals surface area contributed by atoms with Gasteiger partial charge in [-0.15, -0.1) is 0 Å². The van der Waals surface area contributed by atoms with Gasteiger partial charge in [0.15, 0.2) is 0 Å². The largest absolute Gasteiger partial charge is 0.299 e. The van der Waals surface area contributed by atoms with E-state index in [1.54, 1.807) is 10.7 Å². The molecule has 1 aromatic heterocycles. The summed E-state index contributed by atoms with van der Waals surface area (Å²) in [6.45, 7) is 4.02. The van der Waals surface area contributed by atoms with Crippen LogP contribution in [0, 0.1) is 0 Å². The minimum Gasteiger partial charge on any atom is -0.299 e. The molecule has 12 heavy (non-hydrogen) atoms. The molecule has 1 aliphatic rings. The molecule has 1 fully saturated rings. The van der Waals surface area contributed by atoms with E-state index < -0.39 is 0 Å². The SMILES string of the molecule is CC(C)n1[nH]c(C2CC2)cc1=O. The van der Waals surface area contributed by atoms with Gasteiger partial charge in [-0.3, -0.25) is 14.6 Å². The highest BCUT2D eigenvalue weighted by Gasteiger charge is 2.26. The van der Waals surface area contributed by atoms with Crippen LogP contribution in [0.3, 0.4) is 0 Å². The maximum atomic E-state index is 11.3. The van der Waals surface area contributed by atoms with Gasteiger partial charge in [0.2, 0.25) is 0 Å². The first-order valence-electron chi connectivity index (χ1n) is 4.50. The van der Waals surface area contributed by atoms with E-state index in [9.17, 15) is 4.79 Å². The number of aromatic nitrogens is 2. The van der Waals surface area contributed by atoms with E-state index in [0.29, 0.717) is 5.92 Å². The summed E-state index contributed by atoms with van der Waals surface area (Å²) < 4.78 is 1.69. The highest BCUT2D eigenvalue weighted by Crippen LogP contribution is 2.38. The van der Waals surface area contributed by atoms with E-state index in [2.05, 4.69) is 5.10 Å². The first kappa shape index (κ1) is 7.65. The number of aromatic amines is 1. The zero-order valence-corrected chi connectivity index (χ0v) is 7.50. The van der Waals surface area contributed by atoms with Crippen LogP contribution in [0.4, 0.5) is 0 Å². The smallest absolute Gasteiger partial charge is 0.266 e. The van der Waals surface area contributed by atoms with Gasteiger partial charge in [0.25, 0.3) is 5.56 Å². The summed E-state index contributed by atoms with van der Waals surface area (Å²) in [5.41, 5.74) is 1.22. The summed E-state index contributed by atoms with van der Waals surface area (Å²) in [6, 6.07) is 1.97. The van der Waals surface area contributed by atoms with Gasteiger partial charge in [0, 0.05) is 23.7 Å². The molecule has 0 spiro atoms. The maximum absolute atomic E-state index is 11.3. The molecule has 2 rings (SSSR count). The Bertz CT molecular complexity index is 331. The average Bonchev–Trinajstić information content (AvgIpc) is 2.75. The topological polar surface area (TPSA) is 37.8 Å². The van der Waals surface area contributed by atoms with Crippen LogP contribution in [0.5, 0.6) is 0 Å². The molecule has 3 nitrogen and oxygen atoms in total. The van der Waals surface area contributed by atoms with Gasteiger partial charge in [-0.25, -0.2) is 0 Å². The van der Waals surface area contributed by atoms with Gasteiger partial charge in [-0.05, 0) is 26.7 Å². The van der Waals surface area contributed by atoms with Crippen molar-refractivity contribution in [1.82, 2.24) is 9.78 Å². The first-order valence-corrected chi connectivity index (χ1v) is 4.50. The Morgan fingerprint density at radius 2 is 2.25 bits per heavy atom. The molecule has 1 N–H and O–H groups in total. The van der Waals surface area contributed by atoms with E-state index in [1.807, 2.05) is 13.8 Å². The third-order valence-electron chi connectivity index (χ3n) is 2.30. The molecule has 3 heteroatoms. The maximum Gasteiger partial charge on any atom is 0.266 e. The summed E-state index contributed by atoms with van der Waals surface area (Å²) in [5.74, 6) is 0.637. The second kappa shape index (κ2) is 2.51. The van der Waals surface area contributed by atoms with Crippen LogP contribution in [0.2, 0.25) is 0 Å². The van der Waals surface area contributed by atoms with Gasteiger partial charge >= 0.3 is 0 Å². The van der Waals surface area contributed by atoms with Crippen LogP contribution in [0.1, 0.15) is 44.3 Å². The molecule has 1 saturated carbocycles.